The van der Waals surface area contributed by atoms with Crippen LogP contribution in [0.4, 0.5) is 0 Å². The smallest absolute Gasteiger partial charge is 0.259 e. The van der Waals surface area contributed by atoms with E-state index in [9.17, 15) is 24.9 Å². The summed E-state index contributed by atoms with van der Waals surface area (Å²) in [5, 5.41) is 35.4. The molecule has 10 nitrogen and oxygen atoms in total. The zero-order valence-electron chi connectivity index (χ0n) is 24.4. The van der Waals surface area contributed by atoms with Crippen LogP contribution in [0.2, 0.25) is 20.1 Å². The molecule has 0 spiro atoms. The number of phenolic OH excluding ortho intramolecular Hbond substituents is 3. The summed E-state index contributed by atoms with van der Waals surface area (Å²) in [7, 11) is 1.39. The van der Waals surface area contributed by atoms with E-state index >= 15 is 0 Å². The fraction of sp³-hybridized carbons (Fsp3) is 0.517. The molecular weight excluding hydrogens is 642 g/mol. The first-order valence-corrected chi connectivity index (χ1v) is 15.6. The van der Waals surface area contributed by atoms with Crippen molar-refractivity contribution in [2.24, 2.45) is 0 Å². The van der Waals surface area contributed by atoms with Gasteiger partial charge in [0.05, 0.1) is 27.2 Å². The third-order valence-electron chi connectivity index (χ3n) is 7.81. The first-order chi connectivity index (χ1) is 20.4. The predicted octanol–water partition coefficient (Wildman–Crippen LogP) is 5.54. The van der Waals surface area contributed by atoms with Crippen molar-refractivity contribution in [1.29, 1.82) is 0 Å². The topological polar surface area (TPSA) is 135 Å². The number of likely N-dealkylation sites (N-methyl/N-ethyl adjacent to an activating group) is 2. The monoisotopic (exact) mass is 678 g/mol. The maximum atomic E-state index is 12.4. The second-order valence-electron chi connectivity index (χ2n) is 10.3. The van der Waals surface area contributed by atoms with E-state index in [4.69, 9.17) is 51.1 Å². The number of rotatable bonds is 9. The second kappa shape index (κ2) is 16.1. The Bertz CT molecular complexity index is 1290. The van der Waals surface area contributed by atoms with Crippen LogP contribution >= 0.6 is 46.4 Å². The number of benzene rings is 2. The number of carbonyl (C=O) groups is 2. The fourth-order valence-corrected chi connectivity index (χ4v) is 6.50. The normalized spacial score (nSPS) is 18.7. The number of nitrogens with zero attached hydrogens (tertiary/aromatic N) is 2. The molecule has 2 aliphatic heterocycles. The average Bonchev–Trinajstić information content (AvgIpc) is 3.64. The minimum absolute atomic E-state index is 0.0204. The van der Waals surface area contributed by atoms with Crippen LogP contribution in [0.3, 0.4) is 0 Å². The Balaban J connectivity index is 0.000000236. The van der Waals surface area contributed by atoms with Crippen molar-refractivity contribution in [3.05, 3.63) is 43.4 Å². The molecule has 4 rings (SSSR count). The van der Waals surface area contributed by atoms with E-state index in [2.05, 4.69) is 34.3 Å². The Morgan fingerprint density at radius 3 is 1.58 bits per heavy atom. The van der Waals surface area contributed by atoms with Crippen LogP contribution in [0.15, 0.2) is 12.1 Å². The van der Waals surface area contributed by atoms with E-state index in [0.29, 0.717) is 19.1 Å². The lowest BCUT2D eigenvalue weighted by molar-refractivity contribution is 0.0927. The SMILES string of the molecule is CCN1CCCC1CNC(=O)c1c(O)c(Cl)cc(Cl)c1O.CCN1CCCC1CNC(=O)c1c(O)c(Cl)cc(Cl)c1OC. The molecule has 0 aromatic heterocycles. The second-order valence-corrected chi connectivity index (χ2v) is 11.9. The summed E-state index contributed by atoms with van der Waals surface area (Å²) in [6.45, 7) is 9.11. The van der Waals surface area contributed by atoms with Crippen LogP contribution in [0.5, 0.6) is 23.0 Å². The number of likely N-dealkylation sites (tertiary alicyclic amines) is 2. The van der Waals surface area contributed by atoms with Gasteiger partial charge in [-0.1, -0.05) is 60.3 Å². The zero-order valence-corrected chi connectivity index (χ0v) is 27.4. The highest BCUT2D eigenvalue weighted by Crippen LogP contribution is 2.41. The molecule has 5 N–H and O–H groups in total. The molecule has 0 bridgehead atoms. The number of hydrogen-bond acceptors (Lipinski definition) is 8. The minimum Gasteiger partial charge on any atom is -0.505 e. The molecule has 2 aromatic carbocycles. The predicted molar refractivity (Wildman–Crippen MR) is 170 cm³/mol. The lowest BCUT2D eigenvalue weighted by Crippen LogP contribution is -2.40. The number of halogens is 4. The van der Waals surface area contributed by atoms with Crippen molar-refractivity contribution in [3.63, 3.8) is 0 Å². The minimum atomic E-state index is -0.586. The number of hydrogen-bond donors (Lipinski definition) is 5. The van der Waals surface area contributed by atoms with Gasteiger partial charge in [-0.2, -0.15) is 0 Å². The summed E-state index contributed by atoms with van der Waals surface area (Å²) in [5.74, 6) is -2.15. The van der Waals surface area contributed by atoms with Crippen molar-refractivity contribution < 1.29 is 29.6 Å². The zero-order chi connectivity index (χ0) is 31.8. The number of ether oxygens (including phenoxy) is 1. The summed E-state index contributed by atoms with van der Waals surface area (Å²) in [6, 6.07) is 3.14. The summed E-state index contributed by atoms with van der Waals surface area (Å²) in [6.07, 6.45) is 4.30. The molecule has 2 atom stereocenters. The third kappa shape index (κ3) is 8.44. The van der Waals surface area contributed by atoms with Crippen LogP contribution in [-0.2, 0) is 0 Å². The van der Waals surface area contributed by atoms with Gasteiger partial charge in [0.1, 0.15) is 11.1 Å². The van der Waals surface area contributed by atoms with Crippen molar-refractivity contribution in [3.8, 4) is 23.0 Å². The Kier molecular flexibility index (Phi) is 13.2. The van der Waals surface area contributed by atoms with Gasteiger partial charge in [0.25, 0.3) is 11.8 Å². The number of carbonyl (C=O) groups excluding carboxylic acids is 2. The maximum absolute atomic E-state index is 12.4. The van der Waals surface area contributed by atoms with Crippen molar-refractivity contribution in [2.75, 3.05) is 46.4 Å². The fourth-order valence-electron chi connectivity index (χ4n) is 5.50. The summed E-state index contributed by atoms with van der Waals surface area (Å²) in [5.41, 5.74) is -0.311. The van der Waals surface area contributed by atoms with E-state index in [-0.39, 0.29) is 48.8 Å². The third-order valence-corrected chi connectivity index (χ3v) is 8.95. The molecule has 2 fully saturated rings. The van der Waals surface area contributed by atoms with Gasteiger partial charge in [-0.15, -0.1) is 0 Å². The Hall–Kier alpha value is -2.34. The molecule has 0 radical (unpaired) electrons. The molecule has 2 aliphatic rings. The molecule has 2 heterocycles. The van der Waals surface area contributed by atoms with Crippen molar-refractivity contribution in [2.45, 2.75) is 51.6 Å². The molecule has 0 saturated carbocycles. The van der Waals surface area contributed by atoms with E-state index in [1.165, 1.54) is 19.2 Å². The molecule has 2 aromatic rings. The summed E-state index contributed by atoms with van der Waals surface area (Å²) < 4.78 is 5.13. The summed E-state index contributed by atoms with van der Waals surface area (Å²) in [4.78, 5) is 29.2. The van der Waals surface area contributed by atoms with Gasteiger partial charge in [-0.05, 0) is 64.0 Å². The number of aromatic hydroxyl groups is 3. The van der Waals surface area contributed by atoms with Gasteiger partial charge in [0.15, 0.2) is 23.0 Å². The molecule has 238 valence electrons. The highest BCUT2D eigenvalue weighted by Gasteiger charge is 2.28. The van der Waals surface area contributed by atoms with Gasteiger partial charge in [-0.3, -0.25) is 19.4 Å². The maximum Gasteiger partial charge on any atom is 0.259 e. The summed E-state index contributed by atoms with van der Waals surface area (Å²) >= 11 is 23.5. The quantitative estimate of drug-likeness (QED) is 0.233. The largest absolute Gasteiger partial charge is 0.505 e. The standard InChI is InChI=1S/C15H20Cl2N2O3.C14H18Cl2N2O3/c1-3-19-6-4-5-9(19)8-18-15(21)12-13(20)10(16)7-11(17)14(12)22-2;1-2-18-5-3-4-8(18)7-17-14(21)11-12(19)9(15)6-10(16)13(11)20/h7,9,20H,3-6,8H2,1-2H3,(H,18,21);6,8,19-20H,2-5,7H2,1H3,(H,17,21). The van der Waals surface area contributed by atoms with E-state index in [1.807, 2.05) is 0 Å². The van der Waals surface area contributed by atoms with Crippen LogP contribution in [0, 0.1) is 0 Å². The lowest BCUT2D eigenvalue weighted by atomic mass is 10.1. The Morgan fingerprint density at radius 1 is 0.767 bits per heavy atom. The molecule has 2 unspecified atom stereocenters. The molecule has 2 amide bonds. The van der Waals surface area contributed by atoms with Crippen molar-refractivity contribution >= 4 is 58.2 Å². The highest BCUT2D eigenvalue weighted by atomic mass is 35.5. The van der Waals surface area contributed by atoms with Crippen LogP contribution in [0.25, 0.3) is 0 Å². The Labute approximate surface area is 271 Å². The number of nitrogens with one attached hydrogen (secondary N) is 2. The van der Waals surface area contributed by atoms with Gasteiger partial charge in [0, 0.05) is 25.2 Å². The Morgan fingerprint density at radius 2 is 1.16 bits per heavy atom. The van der Waals surface area contributed by atoms with Crippen LogP contribution in [0.1, 0.15) is 60.2 Å². The number of phenols is 3. The van der Waals surface area contributed by atoms with E-state index in [0.717, 1.165) is 51.9 Å². The van der Waals surface area contributed by atoms with Gasteiger partial charge >= 0.3 is 0 Å². The van der Waals surface area contributed by atoms with Crippen LogP contribution in [-0.4, -0.2) is 95.4 Å². The lowest BCUT2D eigenvalue weighted by Gasteiger charge is -2.23. The molecular formula is C29H38Cl4N4O6. The van der Waals surface area contributed by atoms with Crippen molar-refractivity contribution in [1.82, 2.24) is 20.4 Å². The molecule has 14 heteroatoms. The average molecular weight is 680 g/mol. The van der Waals surface area contributed by atoms with E-state index in [1.54, 1.807) is 0 Å². The molecule has 0 aliphatic carbocycles. The first kappa shape index (κ1) is 35.1. The van der Waals surface area contributed by atoms with Gasteiger partial charge in [-0.25, -0.2) is 0 Å². The van der Waals surface area contributed by atoms with Gasteiger partial charge in [0.2, 0.25) is 0 Å². The van der Waals surface area contributed by atoms with Gasteiger partial charge < -0.3 is 30.7 Å². The number of amides is 2. The molecule has 2 saturated heterocycles. The highest BCUT2D eigenvalue weighted by molar-refractivity contribution is 6.38. The van der Waals surface area contributed by atoms with E-state index < -0.39 is 23.3 Å². The number of methoxy groups -OCH3 is 1. The molecule has 43 heavy (non-hydrogen) atoms. The van der Waals surface area contributed by atoms with Crippen LogP contribution < -0.4 is 15.4 Å². The first-order valence-electron chi connectivity index (χ1n) is 14.1.